The second-order valence-electron chi connectivity index (χ2n) is 6.23. The SMILES string of the molecule is CCN1CCc2nc(NC(=O)c3cc4c(s3)CCCC4)sc2C1. The number of aromatic nitrogens is 1. The van der Waals surface area contributed by atoms with Crippen LogP contribution in [-0.2, 0) is 25.8 Å². The summed E-state index contributed by atoms with van der Waals surface area (Å²) in [6.07, 6.45) is 5.74. The Kier molecular flexibility index (Phi) is 4.22. The van der Waals surface area contributed by atoms with E-state index in [9.17, 15) is 4.79 Å². The zero-order valence-electron chi connectivity index (χ0n) is 13.4. The van der Waals surface area contributed by atoms with Crippen molar-refractivity contribution >= 4 is 33.7 Å². The fourth-order valence-electron chi connectivity index (χ4n) is 3.33. The third-order valence-corrected chi connectivity index (χ3v) is 6.93. The van der Waals surface area contributed by atoms with Gasteiger partial charge >= 0.3 is 0 Å². The van der Waals surface area contributed by atoms with Crippen molar-refractivity contribution in [2.45, 2.75) is 45.6 Å². The van der Waals surface area contributed by atoms with Crippen LogP contribution >= 0.6 is 22.7 Å². The lowest BCUT2D eigenvalue weighted by atomic mass is 9.99. The molecule has 0 saturated carbocycles. The number of nitrogens with one attached hydrogen (secondary N) is 1. The molecule has 1 aliphatic carbocycles. The number of likely N-dealkylation sites (N-methyl/N-ethyl adjacent to an activating group) is 1. The summed E-state index contributed by atoms with van der Waals surface area (Å²) in [5, 5.41) is 3.77. The van der Waals surface area contributed by atoms with Crippen LogP contribution in [0.5, 0.6) is 0 Å². The molecule has 0 saturated heterocycles. The van der Waals surface area contributed by atoms with E-state index in [0.29, 0.717) is 0 Å². The topological polar surface area (TPSA) is 45.2 Å². The summed E-state index contributed by atoms with van der Waals surface area (Å²) in [5.74, 6) is 0.00263. The summed E-state index contributed by atoms with van der Waals surface area (Å²) in [7, 11) is 0. The Morgan fingerprint density at radius 1 is 1.26 bits per heavy atom. The number of anilines is 1. The minimum Gasteiger partial charge on any atom is -0.298 e. The molecule has 0 radical (unpaired) electrons. The Morgan fingerprint density at radius 2 is 2.13 bits per heavy atom. The Labute approximate surface area is 144 Å². The summed E-state index contributed by atoms with van der Waals surface area (Å²) in [5.41, 5.74) is 2.55. The molecule has 0 aromatic carbocycles. The van der Waals surface area contributed by atoms with Crippen LogP contribution in [0.1, 0.15) is 50.4 Å². The third-order valence-electron chi connectivity index (χ3n) is 4.70. The van der Waals surface area contributed by atoms with E-state index in [1.165, 1.54) is 33.9 Å². The predicted molar refractivity (Wildman–Crippen MR) is 95.7 cm³/mol. The number of hydrogen-bond acceptors (Lipinski definition) is 5. The van der Waals surface area contributed by atoms with E-state index < -0.39 is 0 Å². The van der Waals surface area contributed by atoms with Crippen LogP contribution in [0.3, 0.4) is 0 Å². The molecule has 0 fully saturated rings. The number of nitrogens with zero attached hydrogens (tertiary/aromatic N) is 2. The normalized spacial score (nSPS) is 17.6. The van der Waals surface area contributed by atoms with Crippen molar-refractivity contribution in [3.8, 4) is 0 Å². The van der Waals surface area contributed by atoms with E-state index in [-0.39, 0.29) is 5.91 Å². The zero-order chi connectivity index (χ0) is 15.8. The third kappa shape index (κ3) is 3.07. The van der Waals surface area contributed by atoms with Crippen molar-refractivity contribution < 1.29 is 4.79 Å². The van der Waals surface area contributed by atoms with Gasteiger partial charge in [0.1, 0.15) is 0 Å². The number of carbonyl (C=O) groups excluding carboxylic acids is 1. The minimum atomic E-state index is 0.00263. The van der Waals surface area contributed by atoms with E-state index in [4.69, 9.17) is 0 Å². The molecule has 0 atom stereocenters. The Balaban J connectivity index is 1.49. The van der Waals surface area contributed by atoms with Crippen molar-refractivity contribution in [1.29, 1.82) is 0 Å². The van der Waals surface area contributed by atoms with Crippen LogP contribution < -0.4 is 5.32 Å². The first kappa shape index (κ1) is 15.3. The molecule has 2 aromatic rings. The highest BCUT2D eigenvalue weighted by molar-refractivity contribution is 7.16. The zero-order valence-corrected chi connectivity index (χ0v) is 15.0. The van der Waals surface area contributed by atoms with Crippen molar-refractivity contribution in [3.05, 3.63) is 32.0 Å². The summed E-state index contributed by atoms with van der Waals surface area (Å²) in [6.45, 7) is 5.29. The molecule has 23 heavy (non-hydrogen) atoms. The molecule has 2 aliphatic rings. The van der Waals surface area contributed by atoms with Crippen molar-refractivity contribution in [1.82, 2.24) is 9.88 Å². The van der Waals surface area contributed by atoms with Gasteiger partial charge in [-0.2, -0.15) is 0 Å². The molecule has 3 heterocycles. The molecule has 1 aliphatic heterocycles. The minimum absolute atomic E-state index is 0.00263. The molecular formula is C17H21N3OS2. The Morgan fingerprint density at radius 3 is 2.96 bits per heavy atom. The van der Waals surface area contributed by atoms with Gasteiger partial charge in [-0.3, -0.25) is 15.0 Å². The van der Waals surface area contributed by atoms with Gasteiger partial charge in [0.25, 0.3) is 5.91 Å². The van der Waals surface area contributed by atoms with Crippen LogP contribution in [0.4, 0.5) is 5.13 Å². The number of thiazole rings is 1. The van der Waals surface area contributed by atoms with Crippen molar-refractivity contribution in [2.24, 2.45) is 0 Å². The lowest BCUT2D eigenvalue weighted by Crippen LogP contribution is -2.29. The lowest BCUT2D eigenvalue weighted by Gasteiger charge is -2.23. The van der Waals surface area contributed by atoms with E-state index in [2.05, 4.69) is 28.2 Å². The number of carbonyl (C=O) groups is 1. The van der Waals surface area contributed by atoms with Crippen LogP contribution in [-0.4, -0.2) is 28.9 Å². The fraction of sp³-hybridized carbons (Fsp3) is 0.529. The number of thiophene rings is 1. The van der Waals surface area contributed by atoms with Gasteiger partial charge in [0.05, 0.1) is 10.6 Å². The highest BCUT2D eigenvalue weighted by atomic mass is 32.1. The number of rotatable bonds is 3. The van der Waals surface area contributed by atoms with Gasteiger partial charge in [-0.1, -0.05) is 6.92 Å². The maximum atomic E-state index is 12.5. The van der Waals surface area contributed by atoms with Crippen molar-refractivity contribution in [3.63, 3.8) is 0 Å². The van der Waals surface area contributed by atoms with Gasteiger partial charge in [0.15, 0.2) is 5.13 Å². The molecule has 1 N–H and O–H groups in total. The molecule has 2 aromatic heterocycles. The summed E-state index contributed by atoms with van der Waals surface area (Å²) in [4.78, 5) is 23.1. The molecular weight excluding hydrogens is 326 g/mol. The Hall–Kier alpha value is -1.24. The molecule has 0 spiro atoms. The molecule has 4 rings (SSSR count). The first-order valence-corrected chi connectivity index (χ1v) is 10.00. The molecule has 0 unspecified atom stereocenters. The first-order valence-electron chi connectivity index (χ1n) is 8.37. The highest BCUT2D eigenvalue weighted by Gasteiger charge is 2.22. The molecule has 6 heteroatoms. The fourth-order valence-corrected chi connectivity index (χ4v) is 5.53. The average Bonchev–Trinajstić information content (AvgIpc) is 3.17. The lowest BCUT2D eigenvalue weighted by molar-refractivity contribution is 0.103. The van der Waals surface area contributed by atoms with Gasteiger partial charge in [0, 0.05) is 29.3 Å². The summed E-state index contributed by atoms with van der Waals surface area (Å²) < 4.78 is 0. The standard InChI is InChI=1S/C17H21N3OS2/c1-2-20-8-7-12-15(10-20)23-17(18-12)19-16(21)14-9-11-5-3-4-6-13(11)22-14/h9H,2-8,10H2,1H3,(H,18,19,21). The second kappa shape index (κ2) is 6.34. The van der Waals surface area contributed by atoms with Gasteiger partial charge in [-0.25, -0.2) is 4.98 Å². The quantitative estimate of drug-likeness (QED) is 0.920. The van der Waals surface area contributed by atoms with E-state index in [1.54, 1.807) is 22.7 Å². The van der Waals surface area contributed by atoms with Crippen LogP contribution in [0.15, 0.2) is 6.07 Å². The number of amides is 1. The number of aryl methyl sites for hydroxylation is 2. The highest BCUT2D eigenvalue weighted by Crippen LogP contribution is 2.32. The molecule has 122 valence electrons. The summed E-state index contributed by atoms with van der Waals surface area (Å²) >= 11 is 3.29. The number of hydrogen-bond donors (Lipinski definition) is 1. The van der Waals surface area contributed by atoms with Crippen LogP contribution in [0.2, 0.25) is 0 Å². The largest absolute Gasteiger partial charge is 0.298 e. The summed E-state index contributed by atoms with van der Waals surface area (Å²) in [6, 6.07) is 2.08. The van der Waals surface area contributed by atoms with E-state index >= 15 is 0 Å². The molecule has 4 nitrogen and oxygen atoms in total. The van der Waals surface area contributed by atoms with Gasteiger partial charge < -0.3 is 0 Å². The average molecular weight is 348 g/mol. The monoisotopic (exact) mass is 347 g/mol. The van der Waals surface area contributed by atoms with Gasteiger partial charge in [-0.05, 0) is 43.9 Å². The maximum absolute atomic E-state index is 12.5. The van der Waals surface area contributed by atoms with Crippen LogP contribution in [0, 0.1) is 0 Å². The van der Waals surface area contributed by atoms with Crippen molar-refractivity contribution in [2.75, 3.05) is 18.4 Å². The second-order valence-corrected chi connectivity index (χ2v) is 8.45. The van der Waals surface area contributed by atoms with E-state index in [1.807, 2.05) is 0 Å². The molecule has 1 amide bonds. The molecule has 0 bridgehead atoms. The predicted octanol–water partition coefficient (Wildman–Crippen LogP) is 3.71. The van der Waals surface area contributed by atoms with Gasteiger partial charge in [-0.15, -0.1) is 22.7 Å². The van der Waals surface area contributed by atoms with Crippen LogP contribution in [0.25, 0.3) is 0 Å². The maximum Gasteiger partial charge on any atom is 0.267 e. The number of fused-ring (bicyclic) bond motifs is 2. The smallest absolute Gasteiger partial charge is 0.267 e. The van der Waals surface area contributed by atoms with Gasteiger partial charge in [0.2, 0.25) is 0 Å². The van der Waals surface area contributed by atoms with E-state index in [0.717, 1.165) is 48.9 Å². The first-order chi connectivity index (χ1) is 11.2. The Bertz CT molecular complexity index is 711.